The summed E-state index contributed by atoms with van der Waals surface area (Å²) in [4.78, 5) is 70.1. The van der Waals surface area contributed by atoms with Crippen LogP contribution in [0.5, 0.6) is 0 Å². The summed E-state index contributed by atoms with van der Waals surface area (Å²) in [5, 5.41) is 11.0. The van der Waals surface area contributed by atoms with Gasteiger partial charge in [0.2, 0.25) is 17.6 Å². The molecule has 6 rings (SSSR count). The van der Waals surface area contributed by atoms with Crippen LogP contribution >= 0.6 is 0 Å². The summed E-state index contributed by atoms with van der Waals surface area (Å²) >= 11 is 0. The van der Waals surface area contributed by atoms with E-state index < -0.39 is 67.8 Å². The quantitative estimate of drug-likeness (QED) is 0.227. The molecule has 2 aliphatic heterocycles. The molecule has 0 spiro atoms. The SMILES string of the molecule is CC(C)(C)[C@H](NC(=O)NC1(C2CCCS2(=O)=O)CCCCC1)C(=O)N1C[C@H]2[C@@H]([C@H]1C(=O)N[C@@H](CCC1CC1)C(=O)C(=O)NC1CC1)C2(C)C. The third kappa shape index (κ3) is 7.52. The van der Waals surface area contributed by atoms with E-state index in [0.29, 0.717) is 44.6 Å². The molecule has 0 bridgehead atoms. The lowest BCUT2D eigenvalue weighted by molar-refractivity contribution is -0.145. The summed E-state index contributed by atoms with van der Waals surface area (Å²) in [6.45, 7) is 10.1. The Kier molecular flexibility index (Phi) is 9.67. The number of carbonyl (C=O) groups excluding carboxylic acids is 5. The number of likely N-dealkylation sites (tertiary alicyclic amines) is 1. The third-order valence-corrected chi connectivity index (χ3v) is 14.9. The smallest absolute Gasteiger partial charge is 0.315 e. The molecule has 0 radical (unpaired) electrons. The highest BCUT2D eigenvalue weighted by molar-refractivity contribution is 7.92. The number of hydrogen-bond donors (Lipinski definition) is 4. The topological polar surface area (TPSA) is 171 Å². The van der Waals surface area contributed by atoms with Crippen molar-refractivity contribution in [3.05, 3.63) is 0 Å². The minimum atomic E-state index is -3.35. The highest BCUT2D eigenvalue weighted by Crippen LogP contribution is 2.65. The van der Waals surface area contributed by atoms with E-state index in [1.54, 1.807) is 4.90 Å². The van der Waals surface area contributed by atoms with Crippen molar-refractivity contribution in [3.63, 3.8) is 0 Å². The van der Waals surface area contributed by atoms with Gasteiger partial charge in [0.25, 0.3) is 5.91 Å². The number of Topliss-reactive ketones (excluding diaryl/α,β-unsaturated/α-hetero) is 1. The molecule has 12 nitrogen and oxygen atoms in total. The molecule has 0 aromatic carbocycles. The number of hydrogen-bond acceptors (Lipinski definition) is 7. The number of ketones is 1. The van der Waals surface area contributed by atoms with Gasteiger partial charge in [-0.25, -0.2) is 13.2 Å². The van der Waals surface area contributed by atoms with E-state index in [0.717, 1.165) is 51.4 Å². The van der Waals surface area contributed by atoms with E-state index in [-0.39, 0.29) is 35.0 Å². The molecule has 13 heteroatoms. The van der Waals surface area contributed by atoms with Crippen LogP contribution in [0.1, 0.15) is 118 Å². The van der Waals surface area contributed by atoms with Crippen LogP contribution < -0.4 is 21.3 Å². The van der Waals surface area contributed by atoms with E-state index >= 15 is 0 Å². The fourth-order valence-corrected chi connectivity index (χ4v) is 11.5. The van der Waals surface area contributed by atoms with Gasteiger partial charge in [0.1, 0.15) is 12.1 Å². The molecular formula is C36H57N5O7S. The van der Waals surface area contributed by atoms with Crippen molar-refractivity contribution in [2.45, 2.75) is 153 Å². The molecule has 1 unspecified atom stereocenters. The molecule has 49 heavy (non-hydrogen) atoms. The molecule has 4 saturated carbocycles. The van der Waals surface area contributed by atoms with E-state index in [9.17, 15) is 32.4 Å². The summed E-state index contributed by atoms with van der Waals surface area (Å²) in [5.41, 5.74) is -1.79. The van der Waals surface area contributed by atoms with Crippen molar-refractivity contribution in [2.24, 2.45) is 28.6 Å². The standard InChI is InChI=1S/C36H57N5O7S/c1-34(2,3)29(39-33(46)40-36(17-7-6-8-18-36)25-10-9-19-49(25,47)48)32(45)41-20-23-26(35(23,4)5)27(41)30(43)38-24(16-13-21-11-12-21)28(42)31(44)37-22-14-15-22/h21-27,29H,6-20H2,1-5H3,(H,37,44)(H,38,43)(H2,39,40,46)/t23-,24-,25?,26-,27-,29+/m0/s1. The lowest BCUT2D eigenvalue weighted by Crippen LogP contribution is -2.65. The van der Waals surface area contributed by atoms with Crippen molar-refractivity contribution < 1.29 is 32.4 Å². The van der Waals surface area contributed by atoms with Crippen LogP contribution in [0, 0.1) is 28.6 Å². The van der Waals surface area contributed by atoms with Gasteiger partial charge in [-0.2, -0.15) is 0 Å². The first-order chi connectivity index (χ1) is 22.9. The summed E-state index contributed by atoms with van der Waals surface area (Å²) in [7, 11) is -3.35. The van der Waals surface area contributed by atoms with Crippen LogP contribution in [0.3, 0.4) is 0 Å². The summed E-state index contributed by atoms with van der Waals surface area (Å²) in [5.74, 6) is -1.55. The van der Waals surface area contributed by atoms with Crippen LogP contribution in [-0.2, 0) is 29.0 Å². The Balaban J connectivity index is 1.19. The van der Waals surface area contributed by atoms with E-state index in [2.05, 4.69) is 35.1 Å². The molecule has 6 atom stereocenters. The lowest BCUT2D eigenvalue weighted by atomic mass is 9.78. The van der Waals surface area contributed by atoms with Gasteiger partial charge < -0.3 is 26.2 Å². The Bertz CT molecular complexity index is 1460. The van der Waals surface area contributed by atoms with E-state index in [1.807, 2.05) is 20.8 Å². The molecule has 2 saturated heterocycles. The zero-order valence-electron chi connectivity index (χ0n) is 29.9. The fourth-order valence-electron chi connectivity index (χ4n) is 9.12. The number of fused-ring (bicyclic) bond motifs is 1. The number of nitrogens with zero attached hydrogens (tertiary/aromatic N) is 1. The molecule has 6 fully saturated rings. The van der Waals surface area contributed by atoms with Gasteiger partial charge >= 0.3 is 6.03 Å². The number of nitrogens with one attached hydrogen (secondary N) is 4. The highest BCUT2D eigenvalue weighted by atomic mass is 32.2. The molecule has 5 amide bonds. The molecular weight excluding hydrogens is 646 g/mol. The largest absolute Gasteiger partial charge is 0.347 e. The predicted molar refractivity (Wildman–Crippen MR) is 184 cm³/mol. The zero-order chi connectivity index (χ0) is 35.5. The maximum atomic E-state index is 14.5. The number of sulfone groups is 1. The first kappa shape index (κ1) is 36.1. The van der Waals surface area contributed by atoms with Gasteiger partial charge in [0.05, 0.1) is 22.6 Å². The Hall–Kier alpha value is -2.70. The molecule has 0 aromatic rings. The monoisotopic (exact) mass is 703 g/mol. The average Bonchev–Trinajstić information content (AvgIpc) is 3.98. The second-order valence-corrected chi connectivity index (χ2v) is 20.0. The molecule has 4 aliphatic carbocycles. The van der Waals surface area contributed by atoms with Gasteiger partial charge in [-0.3, -0.25) is 19.2 Å². The molecule has 274 valence electrons. The van der Waals surface area contributed by atoms with Crippen LogP contribution in [0.4, 0.5) is 4.79 Å². The van der Waals surface area contributed by atoms with Crippen molar-refractivity contribution in [1.82, 2.24) is 26.2 Å². The van der Waals surface area contributed by atoms with Crippen molar-refractivity contribution >= 4 is 39.4 Å². The first-order valence-electron chi connectivity index (χ1n) is 18.7. The van der Waals surface area contributed by atoms with Gasteiger partial charge in [-0.15, -0.1) is 0 Å². The number of amides is 5. The van der Waals surface area contributed by atoms with Gasteiger partial charge in [0, 0.05) is 12.6 Å². The first-order valence-corrected chi connectivity index (χ1v) is 20.4. The molecule has 6 aliphatic rings. The molecule has 4 N–H and O–H groups in total. The average molecular weight is 704 g/mol. The maximum Gasteiger partial charge on any atom is 0.315 e. The Morgan fingerprint density at radius 3 is 2.14 bits per heavy atom. The minimum absolute atomic E-state index is 0.0155. The van der Waals surface area contributed by atoms with Gasteiger partial charge in [-0.1, -0.05) is 66.7 Å². The van der Waals surface area contributed by atoms with Crippen LogP contribution in [0.25, 0.3) is 0 Å². The second-order valence-electron chi connectivity index (χ2n) is 17.7. The third-order valence-electron chi connectivity index (χ3n) is 12.5. The Labute approximate surface area is 291 Å². The van der Waals surface area contributed by atoms with E-state index in [4.69, 9.17) is 0 Å². The number of urea groups is 1. The van der Waals surface area contributed by atoms with Gasteiger partial charge in [0.15, 0.2) is 9.84 Å². The molecule has 0 aromatic heterocycles. The Morgan fingerprint density at radius 2 is 1.57 bits per heavy atom. The molecule has 2 heterocycles. The number of piperidine rings is 1. The Morgan fingerprint density at radius 1 is 0.898 bits per heavy atom. The van der Waals surface area contributed by atoms with Crippen LogP contribution in [0.15, 0.2) is 0 Å². The van der Waals surface area contributed by atoms with Crippen molar-refractivity contribution in [2.75, 3.05) is 12.3 Å². The van der Waals surface area contributed by atoms with E-state index in [1.165, 1.54) is 0 Å². The zero-order valence-corrected chi connectivity index (χ0v) is 30.8. The fraction of sp³-hybridized carbons (Fsp3) is 0.861. The normalized spacial score (nSPS) is 30.8. The predicted octanol–water partition coefficient (Wildman–Crippen LogP) is 2.99. The minimum Gasteiger partial charge on any atom is -0.347 e. The van der Waals surface area contributed by atoms with Crippen LogP contribution in [0.2, 0.25) is 0 Å². The van der Waals surface area contributed by atoms with Crippen LogP contribution in [-0.4, -0.2) is 90.1 Å². The summed E-state index contributed by atoms with van der Waals surface area (Å²) in [6.07, 6.45) is 9.84. The summed E-state index contributed by atoms with van der Waals surface area (Å²) < 4.78 is 26.1. The number of rotatable bonds is 12. The van der Waals surface area contributed by atoms with Crippen molar-refractivity contribution in [1.29, 1.82) is 0 Å². The second kappa shape index (κ2) is 13.1. The number of carbonyl (C=O) groups is 5. The summed E-state index contributed by atoms with van der Waals surface area (Å²) in [6, 6.07) is -3.37. The van der Waals surface area contributed by atoms with Crippen molar-refractivity contribution in [3.8, 4) is 0 Å². The lowest BCUT2D eigenvalue weighted by Gasteiger charge is -2.43. The maximum absolute atomic E-state index is 14.5. The highest BCUT2D eigenvalue weighted by Gasteiger charge is 2.70. The van der Waals surface area contributed by atoms with Gasteiger partial charge in [-0.05, 0) is 80.0 Å².